The molecular weight excluding hydrogens is 300 g/mol. The van der Waals surface area contributed by atoms with E-state index in [1.165, 1.54) is 0 Å². The number of nitrogens with one attached hydrogen (secondary N) is 2. The van der Waals surface area contributed by atoms with Crippen molar-refractivity contribution in [3.05, 3.63) is 65.2 Å². The van der Waals surface area contributed by atoms with Crippen LogP contribution in [0.25, 0.3) is 0 Å². The minimum atomic E-state index is -0.255. The molecule has 2 aromatic rings. The van der Waals surface area contributed by atoms with Gasteiger partial charge < -0.3 is 10.6 Å². The Bertz CT molecular complexity index is 728. The minimum Gasteiger partial charge on any atom is -0.343 e. The van der Waals surface area contributed by atoms with Gasteiger partial charge in [0.2, 0.25) is 5.91 Å². The van der Waals surface area contributed by atoms with Crippen LogP contribution >= 0.6 is 0 Å². The van der Waals surface area contributed by atoms with Crippen molar-refractivity contribution in [1.29, 1.82) is 0 Å². The Morgan fingerprint density at radius 3 is 2.21 bits per heavy atom. The van der Waals surface area contributed by atoms with Crippen molar-refractivity contribution in [2.75, 3.05) is 11.9 Å². The Morgan fingerprint density at radius 1 is 0.958 bits per heavy atom. The van der Waals surface area contributed by atoms with Crippen molar-refractivity contribution in [1.82, 2.24) is 5.32 Å². The maximum absolute atomic E-state index is 12.2. The maximum Gasteiger partial charge on any atom is 0.251 e. The lowest BCUT2D eigenvalue weighted by atomic mass is 9.86. The molecule has 0 unspecified atom stereocenters. The number of aryl methyl sites for hydroxylation is 1. The average Bonchev–Trinajstić information content (AvgIpc) is 2.53. The third-order valence-corrected chi connectivity index (χ3v) is 3.73. The number of carbonyl (C=O) groups is 2. The highest BCUT2D eigenvalue weighted by Crippen LogP contribution is 2.29. The van der Waals surface area contributed by atoms with Gasteiger partial charge in [-0.2, -0.15) is 0 Å². The number of rotatable bonds is 4. The minimum absolute atomic E-state index is 0.0643. The summed E-state index contributed by atoms with van der Waals surface area (Å²) in [7, 11) is 0. The molecule has 0 aliphatic rings. The molecule has 0 spiro atoms. The van der Waals surface area contributed by atoms with Gasteiger partial charge in [-0.3, -0.25) is 9.59 Å². The first-order chi connectivity index (χ1) is 11.3. The Morgan fingerprint density at radius 2 is 1.58 bits per heavy atom. The molecule has 0 bridgehead atoms. The van der Waals surface area contributed by atoms with Crippen LogP contribution in [0.3, 0.4) is 0 Å². The number of hydrogen-bond acceptors (Lipinski definition) is 2. The average molecular weight is 324 g/mol. The fraction of sp³-hybridized carbons (Fsp3) is 0.300. The number of anilines is 1. The number of benzene rings is 2. The molecule has 0 saturated carbocycles. The van der Waals surface area contributed by atoms with Gasteiger partial charge in [-0.15, -0.1) is 0 Å². The van der Waals surface area contributed by atoms with Crippen molar-refractivity contribution in [3.8, 4) is 0 Å². The van der Waals surface area contributed by atoms with Crippen LogP contribution in [0.5, 0.6) is 0 Å². The van der Waals surface area contributed by atoms with Crippen LogP contribution in [-0.2, 0) is 10.2 Å². The zero-order valence-electron chi connectivity index (χ0n) is 14.6. The van der Waals surface area contributed by atoms with E-state index in [-0.39, 0.29) is 23.8 Å². The van der Waals surface area contributed by atoms with Crippen molar-refractivity contribution >= 4 is 17.5 Å². The molecule has 2 amide bonds. The van der Waals surface area contributed by atoms with E-state index >= 15 is 0 Å². The fourth-order valence-electron chi connectivity index (χ4n) is 2.41. The molecule has 2 N–H and O–H groups in total. The third kappa shape index (κ3) is 4.69. The Balaban J connectivity index is 1.97. The summed E-state index contributed by atoms with van der Waals surface area (Å²) in [5.41, 5.74) is 3.39. The van der Waals surface area contributed by atoms with Gasteiger partial charge in [-0.1, -0.05) is 56.7 Å². The molecular formula is C20H24N2O2. The summed E-state index contributed by atoms with van der Waals surface area (Å²) < 4.78 is 0. The molecule has 4 heteroatoms. The van der Waals surface area contributed by atoms with Gasteiger partial charge in [0.15, 0.2) is 0 Å². The smallest absolute Gasteiger partial charge is 0.251 e. The van der Waals surface area contributed by atoms with Crippen LogP contribution in [0.15, 0.2) is 48.5 Å². The van der Waals surface area contributed by atoms with Crippen LogP contribution in [-0.4, -0.2) is 18.4 Å². The summed E-state index contributed by atoms with van der Waals surface area (Å²) in [6.07, 6.45) is 0. The second-order valence-electron chi connectivity index (χ2n) is 6.89. The SMILES string of the molecule is Cc1ccc(C(=O)NCC(=O)Nc2ccccc2C(C)(C)C)cc1. The standard InChI is InChI=1S/C20H24N2O2/c1-14-9-11-15(12-10-14)19(24)21-13-18(23)22-17-8-6-5-7-16(17)20(2,3)4/h5-12H,13H2,1-4H3,(H,21,24)(H,22,23). The number of hydrogen-bond donors (Lipinski definition) is 2. The molecule has 24 heavy (non-hydrogen) atoms. The molecule has 0 heterocycles. The van der Waals surface area contributed by atoms with Crippen molar-refractivity contribution in [3.63, 3.8) is 0 Å². The monoisotopic (exact) mass is 324 g/mol. The van der Waals surface area contributed by atoms with Crippen LogP contribution in [0, 0.1) is 6.92 Å². The molecule has 4 nitrogen and oxygen atoms in total. The summed E-state index contributed by atoms with van der Waals surface area (Å²) >= 11 is 0. The summed E-state index contributed by atoms with van der Waals surface area (Å²) in [4.78, 5) is 24.2. The highest BCUT2D eigenvalue weighted by atomic mass is 16.2. The van der Waals surface area contributed by atoms with Gasteiger partial charge in [0.1, 0.15) is 0 Å². The highest BCUT2D eigenvalue weighted by Gasteiger charge is 2.18. The van der Waals surface area contributed by atoms with E-state index in [1.807, 2.05) is 43.3 Å². The van der Waals surface area contributed by atoms with E-state index in [1.54, 1.807) is 12.1 Å². The zero-order valence-corrected chi connectivity index (χ0v) is 14.6. The first-order valence-electron chi connectivity index (χ1n) is 8.01. The van der Waals surface area contributed by atoms with E-state index in [0.717, 1.165) is 16.8 Å². The Kier molecular flexibility index (Phi) is 5.39. The summed E-state index contributed by atoms with van der Waals surface area (Å²) in [5, 5.41) is 5.53. The van der Waals surface area contributed by atoms with E-state index in [9.17, 15) is 9.59 Å². The quantitative estimate of drug-likeness (QED) is 0.901. The molecule has 2 rings (SSSR count). The zero-order chi connectivity index (χ0) is 17.7. The first kappa shape index (κ1) is 17.7. The lowest BCUT2D eigenvalue weighted by molar-refractivity contribution is -0.115. The predicted molar refractivity (Wildman–Crippen MR) is 97.3 cm³/mol. The molecule has 0 aromatic heterocycles. The first-order valence-corrected chi connectivity index (χ1v) is 8.01. The lowest BCUT2D eigenvalue weighted by Crippen LogP contribution is -2.33. The molecule has 0 saturated heterocycles. The maximum atomic E-state index is 12.2. The lowest BCUT2D eigenvalue weighted by Gasteiger charge is -2.23. The topological polar surface area (TPSA) is 58.2 Å². The molecule has 0 radical (unpaired) electrons. The van der Waals surface area contributed by atoms with Gasteiger partial charge in [-0.25, -0.2) is 0 Å². The number of amides is 2. The number of carbonyl (C=O) groups excluding carboxylic acids is 2. The highest BCUT2D eigenvalue weighted by molar-refractivity contribution is 5.99. The van der Waals surface area contributed by atoms with Crippen molar-refractivity contribution in [2.24, 2.45) is 0 Å². The largest absolute Gasteiger partial charge is 0.343 e. The Hall–Kier alpha value is -2.62. The molecule has 126 valence electrons. The summed E-state index contributed by atoms with van der Waals surface area (Å²) in [5.74, 6) is -0.499. The van der Waals surface area contributed by atoms with E-state index < -0.39 is 0 Å². The van der Waals surface area contributed by atoms with Crippen LogP contribution in [0.1, 0.15) is 42.3 Å². The van der Waals surface area contributed by atoms with Gasteiger partial charge in [0, 0.05) is 11.3 Å². The van der Waals surface area contributed by atoms with Gasteiger partial charge in [0.05, 0.1) is 6.54 Å². The van der Waals surface area contributed by atoms with E-state index in [4.69, 9.17) is 0 Å². The van der Waals surface area contributed by atoms with Crippen LogP contribution < -0.4 is 10.6 Å². The fourth-order valence-corrected chi connectivity index (χ4v) is 2.41. The second kappa shape index (κ2) is 7.30. The van der Waals surface area contributed by atoms with Crippen LogP contribution in [0.2, 0.25) is 0 Å². The second-order valence-corrected chi connectivity index (χ2v) is 6.89. The van der Waals surface area contributed by atoms with E-state index in [2.05, 4.69) is 31.4 Å². The molecule has 0 fully saturated rings. The molecule has 0 atom stereocenters. The predicted octanol–water partition coefficient (Wildman–Crippen LogP) is 3.66. The van der Waals surface area contributed by atoms with Crippen LogP contribution in [0.4, 0.5) is 5.69 Å². The Labute approximate surface area is 143 Å². The van der Waals surface area contributed by atoms with Gasteiger partial charge >= 0.3 is 0 Å². The van der Waals surface area contributed by atoms with Crippen molar-refractivity contribution < 1.29 is 9.59 Å². The number of para-hydroxylation sites is 1. The normalized spacial score (nSPS) is 11.0. The summed E-state index contributed by atoms with van der Waals surface area (Å²) in [6.45, 7) is 8.18. The van der Waals surface area contributed by atoms with Gasteiger partial charge in [-0.05, 0) is 36.1 Å². The molecule has 0 aliphatic carbocycles. The van der Waals surface area contributed by atoms with Gasteiger partial charge in [0.25, 0.3) is 5.91 Å². The van der Waals surface area contributed by atoms with E-state index in [0.29, 0.717) is 5.56 Å². The summed E-state index contributed by atoms with van der Waals surface area (Å²) in [6, 6.07) is 14.9. The van der Waals surface area contributed by atoms with Crippen molar-refractivity contribution in [2.45, 2.75) is 33.1 Å². The molecule has 2 aromatic carbocycles. The third-order valence-electron chi connectivity index (χ3n) is 3.73. The molecule has 0 aliphatic heterocycles.